The number of alkyl halides is 2. The van der Waals surface area contributed by atoms with Crippen LogP contribution in [-0.4, -0.2) is 57.2 Å². The standard InChI is InChI=1S/C20H25F2NO4S/c21-20(22,15-7-3-1-4-8-15)18(26)11-10-16-14-28-19(27)23(16)12-6-2-5-9-17(25)13-24/h1,3-4,7-8,10-11,16,18,24,26H,2,5-6,9,12-14H2. The van der Waals surface area contributed by atoms with E-state index >= 15 is 0 Å². The molecule has 2 rings (SSSR count). The molecule has 0 bridgehead atoms. The van der Waals surface area contributed by atoms with Crippen LogP contribution in [0.15, 0.2) is 42.5 Å². The highest BCUT2D eigenvalue weighted by molar-refractivity contribution is 8.13. The van der Waals surface area contributed by atoms with Gasteiger partial charge in [-0.2, -0.15) is 8.78 Å². The Labute approximate surface area is 167 Å². The van der Waals surface area contributed by atoms with Crippen LogP contribution in [0.3, 0.4) is 0 Å². The maximum atomic E-state index is 14.3. The summed E-state index contributed by atoms with van der Waals surface area (Å²) in [5.41, 5.74) is -0.265. The van der Waals surface area contributed by atoms with Crippen molar-refractivity contribution in [2.75, 3.05) is 18.9 Å². The van der Waals surface area contributed by atoms with Crippen LogP contribution in [0.5, 0.6) is 0 Å². The summed E-state index contributed by atoms with van der Waals surface area (Å²) in [5.74, 6) is -3.18. The van der Waals surface area contributed by atoms with Crippen molar-refractivity contribution in [3.63, 3.8) is 0 Å². The number of nitrogens with zero attached hydrogens (tertiary/aromatic N) is 1. The summed E-state index contributed by atoms with van der Waals surface area (Å²) in [6, 6.07) is 6.78. The number of amides is 1. The fourth-order valence-electron chi connectivity index (χ4n) is 2.93. The largest absolute Gasteiger partial charge is 0.389 e. The highest BCUT2D eigenvalue weighted by atomic mass is 32.2. The van der Waals surface area contributed by atoms with Crippen molar-refractivity contribution < 1.29 is 28.6 Å². The highest BCUT2D eigenvalue weighted by Crippen LogP contribution is 2.33. The molecular formula is C20H25F2NO4S. The fraction of sp³-hybridized carbons (Fsp3) is 0.500. The Hall–Kier alpha value is -1.77. The van der Waals surface area contributed by atoms with Crippen molar-refractivity contribution in [3.8, 4) is 0 Å². The first-order chi connectivity index (χ1) is 13.4. The van der Waals surface area contributed by atoms with Crippen LogP contribution in [0.4, 0.5) is 13.6 Å². The van der Waals surface area contributed by atoms with E-state index in [1.807, 2.05) is 0 Å². The highest BCUT2D eigenvalue weighted by Gasteiger charge is 2.39. The number of hydrogen-bond acceptors (Lipinski definition) is 5. The molecule has 0 aliphatic carbocycles. The summed E-state index contributed by atoms with van der Waals surface area (Å²) in [6.45, 7) is 0.00336. The van der Waals surface area contributed by atoms with Gasteiger partial charge in [-0.3, -0.25) is 9.59 Å². The lowest BCUT2D eigenvalue weighted by molar-refractivity contribution is -0.121. The zero-order chi connectivity index (χ0) is 20.6. The molecule has 1 heterocycles. The zero-order valence-electron chi connectivity index (χ0n) is 15.5. The van der Waals surface area contributed by atoms with Crippen molar-refractivity contribution in [1.29, 1.82) is 0 Å². The van der Waals surface area contributed by atoms with Gasteiger partial charge in [0.15, 0.2) is 5.78 Å². The Kier molecular flexibility index (Phi) is 8.59. The normalized spacial score (nSPS) is 18.8. The van der Waals surface area contributed by atoms with Crippen LogP contribution in [0.2, 0.25) is 0 Å². The van der Waals surface area contributed by atoms with E-state index in [0.717, 1.165) is 24.3 Å². The van der Waals surface area contributed by atoms with Gasteiger partial charge in [0.1, 0.15) is 12.7 Å². The number of Topliss-reactive ketones (excluding diaryl/α,β-unsaturated/α-hetero) is 1. The van der Waals surface area contributed by atoms with Crippen molar-refractivity contribution in [2.24, 2.45) is 0 Å². The first kappa shape index (κ1) is 22.5. The first-order valence-electron chi connectivity index (χ1n) is 9.22. The smallest absolute Gasteiger partial charge is 0.302 e. The first-order valence-corrected chi connectivity index (χ1v) is 10.2. The number of thioether (sulfide) groups is 1. The van der Waals surface area contributed by atoms with E-state index in [0.29, 0.717) is 31.6 Å². The second kappa shape index (κ2) is 10.7. The molecule has 1 aliphatic rings. The lowest BCUT2D eigenvalue weighted by Crippen LogP contribution is -2.34. The van der Waals surface area contributed by atoms with Crippen LogP contribution in [0.25, 0.3) is 0 Å². The minimum absolute atomic E-state index is 0.120. The summed E-state index contributed by atoms with van der Waals surface area (Å²) < 4.78 is 28.7. The quantitative estimate of drug-likeness (QED) is 0.430. The van der Waals surface area contributed by atoms with Crippen LogP contribution in [-0.2, 0) is 10.7 Å². The van der Waals surface area contributed by atoms with Gasteiger partial charge < -0.3 is 15.1 Å². The third-order valence-electron chi connectivity index (χ3n) is 4.59. The molecule has 1 aromatic rings. The van der Waals surface area contributed by atoms with Crippen molar-refractivity contribution in [3.05, 3.63) is 48.0 Å². The molecular weight excluding hydrogens is 388 g/mol. The topological polar surface area (TPSA) is 77.8 Å². The van der Waals surface area contributed by atoms with Crippen LogP contribution in [0.1, 0.15) is 31.2 Å². The molecule has 154 valence electrons. The summed E-state index contributed by atoms with van der Waals surface area (Å²) in [6.07, 6.45) is 2.89. The number of halogens is 2. The average molecular weight is 413 g/mol. The Balaban J connectivity index is 1.88. The van der Waals surface area contributed by atoms with E-state index in [2.05, 4.69) is 0 Å². The molecule has 2 atom stereocenters. The third kappa shape index (κ3) is 6.12. The minimum Gasteiger partial charge on any atom is -0.389 e. The Bertz CT molecular complexity index is 684. The molecule has 2 N–H and O–H groups in total. The predicted octanol–water partition coefficient (Wildman–Crippen LogP) is 3.35. The van der Waals surface area contributed by atoms with E-state index in [4.69, 9.17) is 5.11 Å². The van der Waals surface area contributed by atoms with E-state index in [1.165, 1.54) is 30.3 Å². The fourth-order valence-corrected chi connectivity index (χ4v) is 3.92. The number of hydrogen-bond donors (Lipinski definition) is 2. The summed E-state index contributed by atoms with van der Waals surface area (Å²) in [7, 11) is 0. The van der Waals surface area contributed by atoms with E-state index < -0.39 is 18.6 Å². The molecule has 0 radical (unpaired) electrons. The molecule has 1 amide bonds. The summed E-state index contributed by atoms with van der Waals surface area (Å²) >= 11 is 1.12. The minimum atomic E-state index is -3.42. The zero-order valence-corrected chi connectivity index (χ0v) is 16.3. The maximum absolute atomic E-state index is 14.3. The van der Waals surface area contributed by atoms with E-state index in [-0.39, 0.29) is 22.6 Å². The Morgan fingerprint density at radius 1 is 1.29 bits per heavy atom. The van der Waals surface area contributed by atoms with Crippen molar-refractivity contribution in [2.45, 2.75) is 43.8 Å². The van der Waals surface area contributed by atoms with E-state index in [1.54, 1.807) is 11.0 Å². The molecule has 5 nitrogen and oxygen atoms in total. The molecule has 1 fully saturated rings. The molecule has 2 unspecified atom stereocenters. The number of unbranched alkanes of at least 4 members (excludes halogenated alkanes) is 2. The van der Waals surface area contributed by atoms with Gasteiger partial charge in [0.2, 0.25) is 0 Å². The number of aliphatic hydroxyl groups excluding tert-OH is 2. The Morgan fingerprint density at radius 2 is 2.00 bits per heavy atom. The lowest BCUT2D eigenvalue weighted by Gasteiger charge is -2.23. The number of carbonyl (C=O) groups excluding carboxylic acids is 2. The predicted molar refractivity (Wildman–Crippen MR) is 104 cm³/mol. The van der Waals surface area contributed by atoms with Gasteiger partial charge in [-0.05, 0) is 12.8 Å². The summed E-state index contributed by atoms with van der Waals surface area (Å²) in [4.78, 5) is 24.7. The van der Waals surface area contributed by atoms with Crippen LogP contribution < -0.4 is 0 Å². The molecule has 8 heteroatoms. The lowest BCUT2D eigenvalue weighted by atomic mass is 10.0. The summed E-state index contributed by atoms with van der Waals surface area (Å²) in [5, 5.41) is 18.5. The SMILES string of the molecule is O=C(CO)CCCCCN1C(=O)SCC1C=CC(O)C(F)(F)c1ccccc1. The molecule has 1 aliphatic heterocycles. The van der Waals surface area contributed by atoms with Gasteiger partial charge in [0, 0.05) is 24.3 Å². The second-order valence-corrected chi connectivity index (χ2v) is 7.64. The van der Waals surface area contributed by atoms with E-state index in [9.17, 15) is 23.5 Å². The molecule has 28 heavy (non-hydrogen) atoms. The van der Waals surface area contributed by atoms with Gasteiger partial charge in [-0.1, -0.05) is 60.7 Å². The molecule has 1 saturated heterocycles. The second-order valence-electron chi connectivity index (χ2n) is 6.66. The van der Waals surface area contributed by atoms with Gasteiger partial charge in [-0.15, -0.1) is 0 Å². The molecule has 0 spiro atoms. The van der Waals surface area contributed by atoms with Crippen LogP contribution >= 0.6 is 11.8 Å². The number of rotatable bonds is 11. The molecule has 0 saturated carbocycles. The monoisotopic (exact) mass is 413 g/mol. The number of benzene rings is 1. The van der Waals surface area contributed by atoms with Gasteiger partial charge in [0.05, 0.1) is 6.04 Å². The Morgan fingerprint density at radius 3 is 2.68 bits per heavy atom. The molecule has 0 aromatic heterocycles. The maximum Gasteiger partial charge on any atom is 0.302 e. The molecule has 1 aromatic carbocycles. The number of carbonyl (C=O) groups is 2. The number of ketones is 1. The third-order valence-corrected chi connectivity index (χ3v) is 5.58. The van der Waals surface area contributed by atoms with Crippen molar-refractivity contribution in [1.82, 2.24) is 4.90 Å². The van der Waals surface area contributed by atoms with Gasteiger partial charge in [0.25, 0.3) is 5.24 Å². The van der Waals surface area contributed by atoms with Gasteiger partial charge >= 0.3 is 5.92 Å². The van der Waals surface area contributed by atoms with Gasteiger partial charge in [-0.25, -0.2) is 0 Å². The number of aliphatic hydroxyl groups is 2. The average Bonchev–Trinajstić information content (AvgIpc) is 3.05. The van der Waals surface area contributed by atoms with Crippen molar-refractivity contribution >= 4 is 22.8 Å². The van der Waals surface area contributed by atoms with Crippen LogP contribution in [0, 0.1) is 0 Å².